The van der Waals surface area contributed by atoms with Crippen LogP contribution in [0.2, 0.25) is 0 Å². The van der Waals surface area contributed by atoms with Crippen LogP contribution in [-0.4, -0.2) is 17.3 Å². The van der Waals surface area contributed by atoms with E-state index in [1.54, 1.807) is 5.56 Å². The molecule has 2 saturated carbocycles. The number of rotatable bonds is 3. The van der Waals surface area contributed by atoms with Crippen molar-refractivity contribution in [2.75, 3.05) is 6.61 Å². The molecule has 0 radical (unpaired) electrons. The summed E-state index contributed by atoms with van der Waals surface area (Å²) in [7, 11) is 0. The van der Waals surface area contributed by atoms with Gasteiger partial charge in [-0.25, -0.2) is 0 Å². The fourth-order valence-electron chi connectivity index (χ4n) is 6.11. The minimum Gasteiger partial charge on any atom is -0.494 e. The van der Waals surface area contributed by atoms with E-state index in [0.717, 1.165) is 31.1 Å². The van der Waals surface area contributed by atoms with Gasteiger partial charge in [-0.3, -0.25) is 0 Å². The van der Waals surface area contributed by atoms with Crippen molar-refractivity contribution in [1.29, 1.82) is 0 Å². The topological polar surface area (TPSA) is 29.5 Å². The summed E-state index contributed by atoms with van der Waals surface area (Å²) in [5, 5.41) is 10.9. The molecule has 0 unspecified atom stereocenters. The fourth-order valence-corrected chi connectivity index (χ4v) is 6.11. The molecule has 0 spiro atoms. The largest absolute Gasteiger partial charge is 0.494 e. The van der Waals surface area contributed by atoms with Gasteiger partial charge in [-0.05, 0) is 98.3 Å². The van der Waals surface area contributed by atoms with Crippen molar-refractivity contribution < 1.29 is 9.84 Å². The van der Waals surface area contributed by atoms with E-state index in [9.17, 15) is 5.11 Å². The lowest BCUT2D eigenvalue weighted by Gasteiger charge is -2.52. The number of fused-ring (bicyclic) bond motifs is 5. The highest BCUT2D eigenvalue weighted by atomic mass is 16.5. The maximum atomic E-state index is 10.9. The summed E-state index contributed by atoms with van der Waals surface area (Å²) in [6, 6.07) is 6.81. The van der Waals surface area contributed by atoms with Crippen LogP contribution in [0.25, 0.3) is 0 Å². The van der Waals surface area contributed by atoms with Crippen LogP contribution in [0.3, 0.4) is 0 Å². The van der Waals surface area contributed by atoms with E-state index in [0.29, 0.717) is 11.8 Å². The summed E-state index contributed by atoms with van der Waals surface area (Å²) in [5.74, 6) is 3.18. The first-order valence-electron chi connectivity index (χ1n) is 9.94. The Morgan fingerprint density at radius 2 is 2.00 bits per heavy atom. The zero-order chi connectivity index (χ0) is 16.9. The molecule has 2 fully saturated rings. The van der Waals surface area contributed by atoms with Gasteiger partial charge in [0.05, 0.1) is 12.2 Å². The second kappa shape index (κ2) is 5.76. The molecular weight excluding hydrogens is 296 g/mol. The van der Waals surface area contributed by atoms with Crippen LogP contribution >= 0.6 is 0 Å². The van der Waals surface area contributed by atoms with Gasteiger partial charge >= 0.3 is 0 Å². The van der Waals surface area contributed by atoms with Crippen molar-refractivity contribution in [3.05, 3.63) is 29.3 Å². The number of benzene rings is 1. The molecule has 1 aromatic carbocycles. The molecule has 0 aromatic heterocycles. The maximum absolute atomic E-state index is 10.9. The molecule has 132 valence electrons. The van der Waals surface area contributed by atoms with Crippen LogP contribution in [0, 0.1) is 17.3 Å². The van der Waals surface area contributed by atoms with E-state index in [4.69, 9.17) is 4.74 Å². The van der Waals surface area contributed by atoms with Crippen molar-refractivity contribution in [1.82, 2.24) is 0 Å². The number of hydrogen-bond acceptors (Lipinski definition) is 2. The molecule has 4 rings (SSSR count). The summed E-state index contributed by atoms with van der Waals surface area (Å²) in [4.78, 5) is 0. The van der Waals surface area contributed by atoms with E-state index in [2.05, 4.69) is 39.0 Å². The molecule has 0 bridgehead atoms. The van der Waals surface area contributed by atoms with E-state index in [1.165, 1.54) is 37.7 Å². The normalized spacial score (nSPS) is 40.6. The van der Waals surface area contributed by atoms with Crippen molar-refractivity contribution in [3.63, 3.8) is 0 Å². The summed E-state index contributed by atoms with van der Waals surface area (Å²) in [6.45, 7) is 7.40. The lowest BCUT2D eigenvalue weighted by Crippen LogP contribution is -2.49. The van der Waals surface area contributed by atoms with Crippen LogP contribution in [0.5, 0.6) is 5.75 Å². The quantitative estimate of drug-likeness (QED) is 0.838. The molecule has 0 aliphatic heterocycles. The molecule has 1 aromatic rings. The Kier molecular flexibility index (Phi) is 3.95. The lowest BCUT2D eigenvalue weighted by molar-refractivity contribution is -0.0901. The zero-order valence-electron chi connectivity index (χ0n) is 15.5. The van der Waals surface area contributed by atoms with Gasteiger partial charge in [0, 0.05) is 0 Å². The summed E-state index contributed by atoms with van der Waals surface area (Å²) < 4.78 is 5.84. The van der Waals surface area contributed by atoms with Crippen LogP contribution in [-0.2, 0) is 6.42 Å². The summed E-state index contributed by atoms with van der Waals surface area (Å²) in [5.41, 5.74) is 2.73. The smallest absolute Gasteiger partial charge is 0.119 e. The van der Waals surface area contributed by atoms with E-state index < -0.39 is 5.60 Å². The average molecular weight is 328 g/mol. The Bertz CT molecular complexity index is 620. The molecule has 5 atom stereocenters. The molecule has 2 nitrogen and oxygen atoms in total. The minimum absolute atomic E-state index is 0.121. The molecule has 24 heavy (non-hydrogen) atoms. The molecule has 1 N–H and O–H groups in total. The standard InChI is InChI=1S/C22H32O2/c1-4-13-24-16-6-8-17-15(14-16)5-7-19-18(17)9-11-21(2)20(19)10-12-22(21,3)23/h6,8,14,18-20,23H,4-5,7,9-13H2,1-3H3/t18-,19-,20-,21-,22-/m1/s1. The Labute approximate surface area is 146 Å². The molecular formula is C22H32O2. The van der Waals surface area contributed by atoms with Crippen molar-refractivity contribution >= 4 is 0 Å². The highest BCUT2D eigenvalue weighted by molar-refractivity contribution is 5.41. The molecule has 0 amide bonds. The van der Waals surface area contributed by atoms with Crippen molar-refractivity contribution in [3.8, 4) is 5.75 Å². The number of ether oxygens (including phenoxy) is 1. The third kappa shape index (κ3) is 2.33. The first kappa shape index (κ1) is 16.4. The van der Waals surface area contributed by atoms with E-state index in [1.807, 2.05) is 0 Å². The van der Waals surface area contributed by atoms with Gasteiger partial charge in [0.25, 0.3) is 0 Å². The Hall–Kier alpha value is -1.02. The second-order valence-electron chi connectivity index (χ2n) is 8.89. The average Bonchev–Trinajstić information content (AvgIpc) is 2.82. The number of aliphatic hydroxyl groups is 1. The first-order chi connectivity index (χ1) is 11.5. The predicted octanol–water partition coefficient (Wildman–Crippen LogP) is 5.08. The highest BCUT2D eigenvalue weighted by Crippen LogP contribution is 2.64. The second-order valence-corrected chi connectivity index (χ2v) is 8.89. The monoisotopic (exact) mass is 328 g/mol. The highest BCUT2D eigenvalue weighted by Gasteiger charge is 2.59. The van der Waals surface area contributed by atoms with Crippen LogP contribution in [0.4, 0.5) is 0 Å². The predicted molar refractivity (Wildman–Crippen MR) is 97.5 cm³/mol. The Morgan fingerprint density at radius 1 is 1.17 bits per heavy atom. The van der Waals surface area contributed by atoms with Gasteiger partial charge in [0.2, 0.25) is 0 Å². The van der Waals surface area contributed by atoms with Crippen LogP contribution < -0.4 is 4.74 Å². The van der Waals surface area contributed by atoms with Gasteiger partial charge in [-0.15, -0.1) is 0 Å². The number of hydrogen-bond donors (Lipinski definition) is 1. The maximum Gasteiger partial charge on any atom is 0.119 e. The van der Waals surface area contributed by atoms with Gasteiger partial charge in [-0.1, -0.05) is 19.9 Å². The molecule has 0 saturated heterocycles. The third-order valence-corrected chi connectivity index (χ3v) is 7.73. The Morgan fingerprint density at radius 3 is 2.79 bits per heavy atom. The van der Waals surface area contributed by atoms with E-state index in [-0.39, 0.29) is 5.41 Å². The zero-order valence-corrected chi connectivity index (χ0v) is 15.5. The molecule has 2 heteroatoms. The third-order valence-electron chi connectivity index (χ3n) is 7.73. The van der Waals surface area contributed by atoms with Crippen LogP contribution in [0.15, 0.2) is 18.2 Å². The molecule has 3 aliphatic rings. The number of aryl methyl sites for hydroxylation is 1. The van der Waals surface area contributed by atoms with Gasteiger partial charge in [0.15, 0.2) is 0 Å². The van der Waals surface area contributed by atoms with Crippen molar-refractivity contribution in [2.45, 2.75) is 77.2 Å². The van der Waals surface area contributed by atoms with Gasteiger partial charge in [-0.2, -0.15) is 0 Å². The van der Waals surface area contributed by atoms with Crippen molar-refractivity contribution in [2.24, 2.45) is 17.3 Å². The first-order valence-corrected chi connectivity index (χ1v) is 9.94. The minimum atomic E-state index is -0.471. The summed E-state index contributed by atoms with van der Waals surface area (Å²) >= 11 is 0. The lowest BCUT2D eigenvalue weighted by atomic mass is 9.53. The van der Waals surface area contributed by atoms with Gasteiger partial charge in [0.1, 0.15) is 5.75 Å². The molecule has 3 aliphatic carbocycles. The molecule has 0 heterocycles. The van der Waals surface area contributed by atoms with E-state index >= 15 is 0 Å². The van der Waals surface area contributed by atoms with Crippen LogP contribution in [0.1, 0.15) is 76.3 Å². The van der Waals surface area contributed by atoms with Gasteiger partial charge < -0.3 is 9.84 Å². The summed E-state index contributed by atoms with van der Waals surface area (Å²) in [6.07, 6.45) is 8.10. The fraction of sp³-hybridized carbons (Fsp3) is 0.727. The Balaban J connectivity index is 1.61. The SMILES string of the molecule is CCCOc1ccc2c(c1)CC[C@@H]1[C@@H]2CC[C@]2(C)[C@@H]1CC[C@@]2(C)O.